The zero-order valence-electron chi connectivity index (χ0n) is 26.4. The van der Waals surface area contributed by atoms with E-state index in [1.165, 1.54) is 44.1 Å². The molecule has 47 heavy (non-hydrogen) atoms. The van der Waals surface area contributed by atoms with Crippen LogP contribution in [-0.4, -0.2) is 10.3 Å². The molecule has 0 atom stereocenters. The van der Waals surface area contributed by atoms with Gasteiger partial charge in [-0.05, 0) is 85.2 Å². The summed E-state index contributed by atoms with van der Waals surface area (Å²) in [6, 6.07) is 49.2. The van der Waals surface area contributed by atoms with Crippen molar-refractivity contribution < 1.29 is 0 Å². The monoisotopic (exact) mass is 671 g/mol. The van der Waals surface area contributed by atoms with Gasteiger partial charge < -0.3 is 10.3 Å². The summed E-state index contributed by atoms with van der Waals surface area (Å²) in [7, 11) is 0. The molecule has 2 N–H and O–H groups in total. The van der Waals surface area contributed by atoms with Crippen LogP contribution in [0.3, 0.4) is 0 Å². The summed E-state index contributed by atoms with van der Waals surface area (Å²) in [5.74, 6) is 0. The molecule has 0 fully saturated rings. The number of aromatic nitrogens is 1. The second-order valence-corrected chi connectivity index (χ2v) is 13.6. The number of rotatable bonds is 6. The van der Waals surface area contributed by atoms with Crippen molar-refractivity contribution in [1.82, 2.24) is 4.57 Å². The molecule has 0 spiro atoms. The quantitative estimate of drug-likeness (QED) is 0.176. The van der Waals surface area contributed by atoms with Gasteiger partial charge in [0.1, 0.15) is 0 Å². The molecule has 0 aliphatic heterocycles. The van der Waals surface area contributed by atoms with E-state index < -0.39 is 0 Å². The molecule has 0 bridgehead atoms. The van der Waals surface area contributed by atoms with Gasteiger partial charge in [0.05, 0.1) is 29.0 Å². The normalized spacial score (nSPS) is 14.0. The Labute approximate surface area is 283 Å². The highest BCUT2D eigenvalue weighted by molar-refractivity contribution is 9.10. The molecule has 1 heterocycles. The molecule has 228 valence electrons. The first-order valence-electron chi connectivity index (χ1n) is 16.0. The first-order chi connectivity index (χ1) is 22.9. The summed E-state index contributed by atoms with van der Waals surface area (Å²) < 4.78 is 3.45. The molecule has 0 amide bonds. The van der Waals surface area contributed by atoms with E-state index in [1.807, 2.05) is 54.6 Å². The number of halogens is 1. The van der Waals surface area contributed by atoms with Crippen molar-refractivity contribution in [3.63, 3.8) is 0 Å². The highest BCUT2D eigenvalue weighted by Gasteiger charge is 2.36. The third-order valence-corrected chi connectivity index (χ3v) is 10.2. The van der Waals surface area contributed by atoms with Crippen LogP contribution in [0.15, 0.2) is 155 Å². The molecule has 0 saturated heterocycles. The Kier molecular flexibility index (Phi) is 7.19. The third-order valence-electron chi connectivity index (χ3n) is 9.56. The smallest absolute Gasteiger partial charge is 0.0671 e. The van der Waals surface area contributed by atoms with Crippen molar-refractivity contribution >= 4 is 49.1 Å². The number of para-hydroxylation sites is 2. The van der Waals surface area contributed by atoms with Crippen LogP contribution in [0.1, 0.15) is 41.7 Å². The van der Waals surface area contributed by atoms with Gasteiger partial charge in [-0.15, -0.1) is 0 Å². The Bertz CT molecular complexity index is 2360. The summed E-state index contributed by atoms with van der Waals surface area (Å²) in [6.07, 6.45) is 1.99. The lowest BCUT2D eigenvalue weighted by Crippen LogP contribution is -2.15. The summed E-state index contributed by atoms with van der Waals surface area (Å²) in [4.78, 5) is 5.24. The van der Waals surface area contributed by atoms with E-state index in [1.54, 1.807) is 0 Å². The minimum atomic E-state index is -0.0992. The maximum Gasteiger partial charge on any atom is 0.0671 e. The highest BCUT2D eigenvalue weighted by atomic mass is 79.9. The number of aliphatic imine (C=N–C) groups is 1. The van der Waals surface area contributed by atoms with Crippen LogP contribution < -0.4 is 5.73 Å². The minimum absolute atomic E-state index is 0.0992. The highest BCUT2D eigenvalue weighted by Crippen LogP contribution is 2.51. The van der Waals surface area contributed by atoms with Crippen LogP contribution in [0, 0.1) is 0 Å². The van der Waals surface area contributed by atoms with Crippen molar-refractivity contribution in [3.8, 4) is 16.8 Å². The molecule has 0 unspecified atom stereocenters. The summed E-state index contributed by atoms with van der Waals surface area (Å²) in [5, 5.41) is 2.49. The van der Waals surface area contributed by atoms with Crippen LogP contribution in [0.5, 0.6) is 0 Å². The van der Waals surface area contributed by atoms with E-state index in [0.29, 0.717) is 12.2 Å². The average Bonchev–Trinajstić information content (AvgIpc) is 3.54. The lowest BCUT2D eigenvalue weighted by atomic mass is 9.82. The van der Waals surface area contributed by atoms with Crippen LogP contribution >= 0.6 is 15.9 Å². The first kappa shape index (κ1) is 29.2. The topological polar surface area (TPSA) is 43.3 Å². The molecule has 1 aliphatic rings. The molecular weight excluding hydrogens is 638 g/mol. The van der Waals surface area contributed by atoms with Gasteiger partial charge in [-0.2, -0.15) is 0 Å². The van der Waals surface area contributed by atoms with E-state index in [4.69, 9.17) is 10.7 Å². The standard InChI is InChI=1S/C43H34BrN3/c1-43(2)35-21-11-9-19-31(35)33-24-34-32-20-10-12-23-40(32)47(41(34)25-36(33)43)42-30(18-13-22-37(42)44)27-46-39(29-16-7-4-8-17-29)26-38(45)28-14-5-3-6-15-28/h3-26H,27,45H2,1-2H3/b38-26-,46-39+. The zero-order chi connectivity index (χ0) is 32.1. The fraction of sp³-hybridized carbons (Fsp3) is 0.0930. The summed E-state index contributed by atoms with van der Waals surface area (Å²) >= 11 is 3.97. The Balaban J connectivity index is 1.32. The SMILES string of the molecule is CC1(C)c2ccccc2-c2cc3c4ccccc4n(-c4c(Br)cccc4C/N=C(\C=C(/N)c4ccccc4)c4ccccc4)c3cc21. The van der Waals surface area contributed by atoms with Gasteiger partial charge in [-0.1, -0.05) is 129 Å². The number of hydrogen-bond donors (Lipinski definition) is 1. The van der Waals surface area contributed by atoms with Gasteiger partial charge >= 0.3 is 0 Å². The zero-order valence-corrected chi connectivity index (χ0v) is 28.0. The number of nitrogens with zero attached hydrogens (tertiary/aromatic N) is 2. The van der Waals surface area contributed by atoms with Crippen LogP contribution in [0.4, 0.5) is 0 Å². The molecule has 0 radical (unpaired) electrons. The van der Waals surface area contributed by atoms with Crippen molar-refractivity contribution in [3.05, 3.63) is 178 Å². The number of nitrogens with two attached hydrogens (primary N) is 1. The second-order valence-electron chi connectivity index (χ2n) is 12.7. The molecule has 8 rings (SSSR count). The van der Waals surface area contributed by atoms with Gasteiger partial charge in [-0.25, -0.2) is 0 Å². The van der Waals surface area contributed by atoms with Crippen molar-refractivity contribution in [2.75, 3.05) is 0 Å². The molecular formula is C43H34BrN3. The largest absolute Gasteiger partial charge is 0.398 e. The average molecular weight is 673 g/mol. The first-order valence-corrected chi connectivity index (χ1v) is 16.8. The van der Waals surface area contributed by atoms with E-state index in [0.717, 1.165) is 32.6 Å². The Morgan fingerprint density at radius 1 is 0.681 bits per heavy atom. The van der Waals surface area contributed by atoms with Crippen LogP contribution in [-0.2, 0) is 12.0 Å². The maximum atomic E-state index is 6.62. The van der Waals surface area contributed by atoms with Gasteiger partial charge in [0.25, 0.3) is 0 Å². The number of benzene rings is 6. The third kappa shape index (κ3) is 4.92. The number of fused-ring (bicyclic) bond motifs is 6. The maximum absolute atomic E-state index is 6.62. The second kappa shape index (κ2) is 11.6. The number of hydrogen-bond acceptors (Lipinski definition) is 2. The van der Waals surface area contributed by atoms with Crippen LogP contribution in [0.25, 0.3) is 44.3 Å². The van der Waals surface area contributed by atoms with Gasteiger partial charge in [0.15, 0.2) is 0 Å². The molecule has 6 aromatic carbocycles. The number of allylic oxidation sites excluding steroid dienone is 1. The lowest BCUT2D eigenvalue weighted by Gasteiger charge is -2.22. The predicted octanol–water partition coefficient (Wildman–Crippen LogP) is 10.8. The summed E-state index contributed by atoms with van der Waals surface area (Å²) in [5.41, 5.74) is 20.0. The van der Waals surface area contributed by atoms with Crippen LogP contribution in [0.2, 0.25) is 0 Å². The van der Waals surface area contributed by atoms with Gasteiger partial charge in [0, 0.05) is 26.4 Å². The Morgan fingerprint density at radius 2 is 1.36 bits per heavy atom. The Morgan fingerprint density at radius 3 is 2.15 bits per heavy atom. The van der Waals surface area contributed by atoms with E-state index >= 15 is 0 Å². The Hall–Kier alpha value is -5.19. The van der Waals surface area contributed by atoms with E-state index in [-0.39, 0.29) is 5.41 Å². The molecule has 3 nitrogen and oxygen atoms in total. The summed E-state index contributed by atoms with van der Waals surface area (Å²) in [6.45, 7) is 5.16. The minimum Gasteiger partial charge on any atom is -0.398 e. The van der Waals surface area contributed by atoms with Gasteiger partial charge in [0.2, 0.25) is 0 Å². The molecule has 4 heteroatoms. The lowest BCUT2D eigenvalue weighted by molar-refractivity contribution is 0.661. The molecule has 1 aliphatic carbocycles. The fourth-order valence-corrected chi connectivity index (χ4v) is 7.79. The van der Waals surface area contributed by atoms with Crippen molar-refractivity contribution in [2.45, 2.75) is 25.8 Å². The van der Waals surface area contributed by atoms with Gasteiger partial charge in [-0.3, -0.25) is 4.99 Å². The van der Waals surface area contributed by atoms with E-state index in [2.05, 4.69) is 125 Å². The molecule has 7 aromatic rings. The van der Waals surface area contributed by atoms with Crippen molar-refractivity contribution in [1.29, 1.82) is 0 Å². The molecule has 0 saturated carbocycles. The predicted molar refractivity (Wildman–Crippen MR) is 201 cm³/mol. The van der Waals surface area contributed by atoms with E-state index in [9.17, 15) is 0 Å². The molecule has 1 aromatic heterocycles. The fourth-order valence-electron chi connectivity index (χ4n) is 7.20. The van der Waals surface area contributed by atoms with Crippen molar-refractivity contribution in [2.24, 2.45) is 10.7 Å².